The lowest BCUT2D eigenvalue weighted by Gasteiger charge is -2.37. The average Bonchev–Trinajstić information content (AvgIpc) is 3.73. The van der Waals surface area contributed by atoms with E-state index < -0.39 is 96.0 Å². The summed E-state index contributed by atoms with van der Waals surface area (Å²) in [6, 6.07) is 12.4. The van der Waals surface area contributed by atoms with Crippen molar-refractivity contribution in [3.8, 4) is 0 Å². The Balaban J connectivity index is 1.89. The van der Waals surface area contributed by atoms with Gasteiger partial charge in [-0.05, 0) is 60.0 Å². The first-order valence-corrected chi connectivity index (χ1v) is 21.2. The van der Waals surface area contributed by atoms with Gasteiger partial charge in [0.25, 0.3) is 5.91 Å². The van der Waals surface area contributed by atoms with Crippen LogP contribution in [-0.4, -0.2) is 118 Å². The average molecular weight is 849 g/mol. The van der Waals surface area contributed by atoms with Gasteiger partial charge in [-0.1, -0.05) is 116 Å². The van der Waals surface area contributed by atoms with E-state index in [4.69, 9.17) is 0 Å². The summed E-state index contributed by atoms with van der Waals surface area (Å²) < 4.78 is 0. The zero-order chi connectivity index (χ0) is 45.7. The molecule has 0 unspecified atom stereocenters. The third-order valence-corrected chi connectivity index (χ3v) is 10.8. The molecular formula is C46H68N6O9. The highest BCUT2D eigenvalue weighted by Crippen LogP contribution is 2.24. The smallest absolute Gasteiger partial charge is 0.336 e. The molecule has 2 aromatic rings. The standard InChI is InChI=1S/C46H68N6O9/c1-29(2)37(51(9)43(59)32(24-30-18-12-10-13-19-30)25-31-20-14-11-15-21-31)41(57)50-38(46(6,7)8)42(58)48-34(26-35(54)52-22-16-17-23-52)39(55)49-36(44(60)61)40(56)47-33(28-53)27-45(3,4)5/h10-15,18-21,29,32-34,36-38,53H,16-17,22-28H2,1-9H3,(H,47,56)(H,48,58)(H,49,55)(H,50,57)(H,60,61)/t33-,34-,36+,37-,38+/m0/s1. The number of benzene rings is 2. The Bertz CT molecular complexity index is 1760. The SMILES string of the molecule is CC(C)[C@@H](C(=O)N[C@H](C(=O)N[C@@H](CC(=O)N1CCCC1)C(=O)N[C@@H](C(=O)O)C(=O)N[C@H](CO)CC(C)(C)C)C(C)(C)C)N(C)C(=O)C(Cc1ccccc1)Cc1ccccc1. The fourth-order valence-electron chi connectivity index (χ4n) is 7.70. The molecule has 336 valence electrons. The minimum Gasteiger partial charge on any atom is -0.479 e. The quantitative estimate of drug-likeness (QED) is 0.108. The predicted octanol–water partition coefficient (Wildman–Crippen LogP) is 3.08. The van der Waals surface area contributed by atoms with Gasteiger partial charge in [0, 0.05) is 26.1 Å². The van der Waals surface area contributed by atoms with Crippen molar-refractivity contribution >= 4 is 41.4 Å². The highest BCUT2D eigenvalue weighted by Gasteiger charge is 2.41. The normalized spacial score (nSPS) is 15.6. The van der Waals surface area contributed by atoms with Gasteiger partial charge in [0.15, 0.2) is 0 Å². The zero-order valence-electron chi connectivity index (χ0n) is 37.3. The molecule has 1 saturated heterocycles. The minimum atomic E-state index is -2.12. The van der Waals surface area contributed by atoms with Crippen molar-refractivity contribution in [2.24, 2.45) is 22.7 Å². The number of amides is 6. The number of likely N-dealkylation sites (N-methyl/N-ethyl adjacent to an activating group) is 1. The molecule has 1 aliphatic rings. The van der Waals surface area contributed by atoms with Gasteiger partial charge in [-0.25, -0.2) is 4.79 Å². The lowest BCUT2D eigenvalue weighted by Crippen LogP contribution is -2.63. The van der Waals surface area contributed by atoms with Crippen molar-refractivity contribution in [3.63, 3.8) is 0 Å². The summed E-state index contributed by atoms with van der Waals surface area (Å²) in [6.07, 6.45) is 2.13. The summed E-state index contributed by atoms with van der Waals surface area (Å²) in [5.74, 6) is -6.95. The Hall–Kier alpha value is -5.31. The fraction of sp³-hybridized carbons (Fsp3) is 0.587. The predicted molar refractivity (Wildman–Crippen MR) is 232 cm³/mol. The molecule has 1 heterocycles. The number of hydrogen-bond acceptors (Lipinski definition) is 8. The molecule has 15 heteroatoms. The maximum absolute atomic E-state index is 14.4. The van der Waals surface area contributed by atoms with E-state index in [2.05, 4.69) is 21.3 Å². The number of hydrogen-bond donors (Lipinski definition) is 6. The number of aliphatic carboxylic acids is 1. The second kappa shape index (κ2) is 22.5. The van der Waals surface area contributed by atoms with E-state index in [1.807, 2.05) is 81.4 Å². The Kier molecular flexibility index (Phi) is 18.5. The summed E-state index contributed by atoms with van der Waals surface area (Å²) in [6.45, 7) is 14.8. The first-order chi connectivity index (χ1) is 28.5. The fourth-order valence-corrected chi connectivity index (χ4v) is 7.70. The molecule has 0 aliphatic carbocycles. The number of likely N-dealkylation sites (tertiary alicyclic amines) is 1. The number of carboxylic acids is 1. The molecule has 1 aliphatic heterocycles. The maximum atomic E-state index is 14.4. The summed E-state index contributed by atoms with van der Waals surface area (Å²) in [5.41, 5.74) is 0.628. The van der Waals surface area contributed by atoms with E-state index >= 15 is 0 Å². The van der Waals surface area contributed by atoms with E-state index in [1.54, 1.807) is 41.7 Å². The highest BCUT2D eigenvalue weighted by molar-refractivity contribution is 6.05. The number of carbonyl (C=O) groups excluding carboxylic acids is 6. The van der Waals surface area contributed by atoms with Crippen molar-refractivity contribution in [2.75, 3.05) is 26.7 Å². The van der Waals surface area contributed by atoms with Crippen LogP contribution in [0.25, 0.3) is 0 Å². The molecule has 61 heavy (non-hydrogen) atoms. The summed E-state index contributed by atoms with van der Waals surface area (Å²) in [4.78, 5) is 98.8. The summed E-state index contributed by atoms with van der Waals surface area (Å²) in [5, 5.41) is 30.0. The molecule has 15 nitrogen and oxygen atoms in total. The Morgan fingerprint density at radius 1 is 0.721 bits per heavy atom. The lowest BCUT2D eigenvalue weighted by molar-refractivity contribution is -0.147. The number of carbonyl (C=O) groups is 7. The van der Waals surface area contributed by atoms with Crippen LogP contribution in [0.2, 0.25) is 0 Å². The molecular weight excluding hydrogens is 781 g/mol. The van der Waals surface area contributed by atoms with Crippen LogP contribution in [0.3, 0.4) is 0 Å². The first-order valence-electron chi connectivity index (χ1n) is 21.2. The molecule has 3 rings (SSSR count). The van der Waals surface area contributed by atoms with Crippen LogP contribution >= 0.6 is 0 Å². The minimum absolute atomic E-state index is 0.254. The van der Waals surface area contributed by atoms with Gasteiger partial charge in [-0.2, -0.15) is 0 Å². The molecule has 0 spiro atoms. The molecule has 6 N–H and O–H groups in total. The van der Waals surface area contributed by atoms with E-state index in [0.717, 1.165) is 24.0 Å². The molecule has 0 aromatic heterocycles. The van der Waals surface area contributed by atoms with Crippen LogP contribution < -0.4 is 21.3 Å². The molecule has 0 saturated carbocycles. The number of nitrogens with one attached hydrogen (secondary N) is 4. The number of aliphatic hydroxyl groups excluding tert-OH is 1. The highest BCUT2D eigenvalue weighted by atomic mass is 16.4. The Labute approximate surface area is 360 Å². The van der Waals surface area contributed by atoms with Crippen molar-refractivity contribution < 1.29 is 43.8 Å². The van der Waals surface area contributed by atoms with E-state index in [1.165, 1.54) is 9.80 Å². The van der Waals surface area contributed by atoms with Gasteiger partial charge in [-0.15, -0.1) is 0 Å². The van der Waals surface area contributed by atoms with Crippen LogP contribution in [0.4, 0.5) is 0 Å². The van der Waals surface area contributed by atoms with Gasteiger partial charge < -0.3 is 41.3 Å². The topological polar surface area (TPSA) is 215 Å². The third-order valence-electron chi connectivity index (χ3n) is 10.8. The number of carboxylic acid groups (broad SMARTS) is 1. The largest absolute Gasteiger partial charge is 0.479 e. The number of rotatable bonds is 20. The van der Waals surface area contributed by atoms with Crippen molar-refractivity contribution in [2.45, 2.75) is 124 Å². The number of aliphatic hydroxyl groups is 1. The Morgan fingerprint density at radius 3 is 1.69 bits per heavy atom. The van der Waals surface area contributed by atoms with Crippen LogP contribution in [-0.2, 0) is 46.4 Å². The van der Waals surface area contributed by atoms with Gasteiger partial charge >= 0.3 is 5.97 Å². The third kappa shape index (κ3) is 15.6. The Morgan fingerprint density at radius 2 is 1.25 bits per heavy atom. The van der Waals surface area contributed by atoms with E-state index in [9.17, 15) is 43.8 Å². The number of nitrogens with zero attached hydrogens (tertiary/aromatic N) is 2. The second-order valence-corrected chi connectivity index (χ2v) is 18.8. The summed E-state index contributed by atoms with van der Waals surface area (Å²) in [7, 11) is 1.58. The van der Waals surface area contributed by atoms with E-state index in [0.29, 0.717) is 32.4 Å². The second-order valence-electron chi connectivity index (χ2n) is 18.8. The van der Waals surface area contributed by atoms with Crippen molar-refractivity contribution in [1.29, 1.82) is 0 Å². The molecule has 0 bridgehead atoms. The maximum Gasteiger partial charge on any atom is 0.336 e. The summed E-state index contributed by atoms with van der Waals surface area (Å²) >= 11 is 0. The monoisotopic (exact) mass is 849 g/mol. The van der Waals surface area contributed by atoms with Gasteiger partial charge in [-0.3, -0.25) is 28.8 Å². The zero-order valence-corrected chi connectivity index (χ0v) is 37.3. The van der Waals surface area contributed by atoms with Crippen LogP contribution in [0.5, 0.6) is 0 Å². The van der Waals surface area contributed by atoms with Crippen molar-refractivity contribution in [1.82, 2.24) is 31.1 Å². The molecule has 6 amide bonds. The molecule has 1 fully saturated rings. The van der Waals surface area contributed by atoms with Crippen LogP contribution in [0.15, 0.2) is 60.7 Å². The van der Waals surface area contributed by atoms with Crippen LogP contribution in [0, 0.1) is 22.7 Å². The van der Waals surface area contributed by atoms with Gasteiger partial charge in [0.05, 0.1) is 19.1 Å². The van der Waals surface area contributed by atoms with E-state index in [-0.39, 0.29) is 11.3 Å². The van der Waals surface area contributed by atoms with Crippen molar-refractivity contribution in [3.05, 3.63) is 71.8 Å². The molecule has 5 atom stereocenters. The molecule has 2 aromatic carbocycles. The lowest BCUT2D eigenvalue weighted by atomic mass is 9.85. The first kappa shape index (κ1) is 50.0. The molecule has 0 radical (unpaired) electrons. The van der Waals surface area contributed by atoms with Crippen LogP contribution in [0.1, 0.15) is 92.2 Å². The van der Waals surface area contributed by atoms with Gasteiger partial charge in [0.1, 0.15) is 18.1 Å². The van der Waals surface area contributed by atoms with Gasteiger partial charge in [0.2, 0.25) is 35.6 Å².